The minimum absolute atomic E-state index is 0.0516. The molecule has 2 rings (SSSR count). The monoisotopic (exact) mass is 280 g/mol. The first-order valence-electron chi connectivity index (χ1n) is 7.10. The number of benzene rings is 1. The van der Waals surface area contributed by atoms with Gasteiger partial charge in [0, 0.05) is 11.4 Å². The Kier molecular flexibility index (Phi) is 5.26. The number of esters is 1. The molecule has 0 amide bonds. The second-order valence-corrected chi connectivity index (χ2v) is 5.73. The van der Waals surface area contributed by atoms with Crippen molar-refractivity contribution >= 4 is 17.6 Å². The molecular formula is C16H21ClO2. The van der Waals surface area contributed by atoms with Crippen LogP contribution in [0.4, 0.5) is 0 Å². The van der Waals surface area contributed by atoms with Crippen LogP contribution in [0.2, 0.25) is 5.02 Å². The maximum absolute atomic E-state index is 11.6. The highest BCUT2D eigenvalue weighted by Crippen LogP contribution is 2.37. The number of halogens is 1. The van der Waals surface area contributed by atoms with E-state index in [0.29, 0.717) is 24.9 Å². The van der Waals surface area contributed by atoms with Crippen LogP contribution in [0.3, 0.4) is 0 Å². The molecule has 0 bridgehead atoms. The van der Waals surface area contributed by atoms with Crippen molar-refractivity contribution < 1.29 is 9.53 Å². The van der Waals surface area contributed by atoms with Gasteiger partial charge in [0.05, 0.1) is 6.61 Å². The molecule has 1 aromatic rings. The third-order valence-corrected chi connectivity index (χ3v) is 4.14. The van der Waals surface area contributed by atoms with E-state index in [1.807, 2.05) is 19.1 Å². The molecule has 0 saturated heterocycles. The summed E-state index contributed by atoms with van der Waals surface area (Å²) < 4.78 is 5.04. The van der Waals surface area contributed by atoms with E-state index in [0.717, 1.165) is 17.9 Å². The van der Waals surface area contributed by atoms with E-state index in [9.17, 15) is 4.79 Å². The van der Waals surface area contributed by atoms with Gasteiger partial charge in [-0.2, -0.15) is 0 Å². The van der Waals surface area contributed by atoms with E-state index in [2.05, 4.69) is 12.1 Å². The van der Waals surface area contributed by atoms with Crippen molar-refractivity contribution in [1.29, 1.82) is 0 Å². The summed E-state index contributed by atoms with van der Waals surface area (Å²) in [7, 11) is 0. The highest BCUT2D eigenvalue weighted by atomic mass is 35.5. The molecule has 0 aromatic heterocycles. The molecule has 0 aliphatic heterocycles. The van der Waals surface area contributed by atoms with E-state index < -0.39 is 0 Å². The van der Waals surface area contributed by atoms with Crippen molar-refractivity contribution in [2.45, 2.75) is 44.9 Å². The molecule has 19 heavy (non-hydrogen) atoms. The summed E-state index contributed by atoms with van der Waals surface area (Å²) in [5, 5.41) is 0.780. The second-order valence-electron chi connectivity index (χ2n) is 5.29. The Labute approximate surface area is 120 Å². The Morgan fingerprint density at radius 2 is 2.05 bits per heavy atom. The molecule has 0 radical (unpaired) electrons. The highest BCUT2D eigenvalue weighted by Gasteiger charge is 2.25. The minimum atomic E-state index is -0.0516. The summed E-state index contributed by atoms with van der Waals surface area (Å²) >= 11 is 5.92. The van der Waals surface area contributed by atoms with Gasteiger partial charge in [0.1, 0.15) is 0 Å². The number of carbonyl (C=O) groups is 1. The molecule has 0 heterocycles. The van der Waals surface area contributed by atoms with Crippen LogP contribution in [0, 0.1) is 5.92 Å². The SMILES string of the molecule is CCOC(=O)C[C@@H]1CCC[C@H](c2ccc(Cl)cc2)C1. The standard InChI is InChI=1S/C16H21ClO2/c1-2-19-16(18)11-12-4-3-5-14(10-12)13-6-8-15(17)9-7-13/h6-9,12,14H,2-5,10-11H2,1H3/t12-,14+/m1/s1. The fourth-order valence-electron chi connectivity index (χ4n) is 2.97. The second kappa shape index (κ2) is 6.95. The van der Waals surface area contributed by atoms with Crippen LogP contribution >= 0.6 is 11.6 Å². The molecule has 0 unspecified atom stereocenters. The molecule has 1 aliphatic carbocycles. The van der Waals surface area contributed by atoms with E-state index in [-0.39, 0.29) is 5.97 Å². The van der Waals surface area contributed by atoms with Gasteiger partial charge in [0.15, 0.2) is 0 Å². The van der Waals surface area contributed by atoms with Crippen LogP contribution in [0.25, 0.3) is 0 Å². The minimum Gasteiger partial charge on any atom is -0.466 e. The van der Waals surface area contributed by atoms with Gasteiger partial charge in [0.2, 0.25) is 0 Å². The largest absolute Gasteiger partial charge is 0.466 e. The zero-order chi connectivity index (χ0) is 13.7. The van der Waals surface area contributed by atoms with E-state index in [1.165, 1.54) is 18.4 Å². The van der Waals surface area contributed by atoms with Gasteiger partial charge in [-0.05, 0) is 55.7 Å². The number of hydrogen-bond donors (Lipinski definition) is 0. The smallest absolute Gasteiger partial charge is 0.306 e. The average molecular weight is 281 g/mol. The summed E-state index contributed by atoms with van der Waals surface area (Å²) in [6.45, 7) is 2.33. The van der Waals surface area contributed by atoms with Crippen molar-refractivity contribution in [1.82, 2.24) is 0 Å². The fraction of sp³-hybridized carbons (Fsp3) is 0.562. The molecule has 1 fully saturated rings. The first-order chi connectivity index (χ1) is 9.19. The molecule has 1 saturated carbocycles. The van der Waals surface area contributed by atoms with Crippen LogP contribution in [-0.4, -0.2) is 12.6 Å². The van der Waals surface area contributed by atoms with Gasteiger partial charge in [-0.1, -0.05) is 30.2 Å². The van der Waals surface area contributed by atoms with E-state index >= 15 is 0 Å². The molecule has 104 valence electrons. The molecule has 0 N–H and O–H groups in total. The summed E-state index contributed by atoms with van der Waals surface area (Å²) in [5.74, 6) is 0.975. The molecular weight excluding hydrogens is 260 g/mol. The third kappa shape index (κ3) is 4.24. The normalized spacial score (nSPS) is 23.1. The van der Waals surface area contributed by atoms with E-state index in [4.69, 9.17) is 16.3 Å². The van der Waals surface area contributed by atoms with Crippen LogP contribution in [0.15, 0.2) is 24.3 Å². The third-order valence-electron chi connectivity index (χ3n) is 3.88. The van der Waals surface area contributed by atoms with Crippen molar-refractivity contribution in [3.63, 3.8) is 0 Å². The van der Waals surface area contributed by atoms with Crippen LogP contribution in [0.5, 0.6) is 0 Å². The van der Waals surface area contributed by atoms with Crippen LogP contribution in [-0.2, 0) is 9.53 Å². The lowest BCUT2D eigenvalue weighted by molar-refractivity contribution is -0.144. The summed E-state index contributed by atoms with van der Waals surface area (Å²) in [4.78, 5) is 11.6. The lowest BCUT2D eigenvalue weighted by atomic mass is 9.77. The van der Waals surface area contributed by atoms with Crippen LogP contribution < -0.4 is 0 Å². The van der Waals surface area contributed by atoms with Crippen molar-refractivity contribution in [2.75, 3.05) is 6.61 Å². The molecule has 1 aromatic carbocycles. The first-order valence-corrected chi connectivity index (χ1v) is 7.48. The highest BCUT2D eigenvalue weighted by molar-refractivity contribution is 6.30. The van der Waals surface area contributed by atoms with Crippen LogP contribution in [0.1, 0.15) is 50.5 Å². The lowest BCUT2D eigenvalue weighted by Crippen LogP contribution is -2.18. The van der Waals surface area contributed by atoms with Gasteiger partial charge < -0.3 is 4.74 Å². The number of ether oxygens (including phenoxy) is 1. The Morgan fingerprint density at radius 1 is 1.32 bits per heavy atom. The van der Waals surface area contributed by atoms with Gasteiger partial charge in [-0.25, -0.2) is 0 Å². The number of hydrogen-bond acceptors (Lipinski definition) is 2. The Balaban J connectivity index is 1.93. The Bertz CT molecular complexity index is 413. The van der Waals surface area contributed by atoms with Crippen molar-refractivity contribution in [3.8, 4) is 0 Å². The number of carbonyl (C=O) groups excluding carboxylic acids is 1. The predicted octanol–water partition coefficient (Wildman–Crippen LogP) is 4.57. The quantitative estimate of drug-likeness (QED) is 0.755. The zero-order valence-electron chi connectivity index (χ0n) is 11.4. The Morgan fingerprint density at radius 3 is 2.74 bits per heavy atom. The number of rotatable bonds is 4. The molecule has 3 heteroatoms. The molecule has 2 atom stereocenters. The van der Waals surface area contributed by atoms with Crippen molar-refractivity contribution in [3.05, 3.63) is 34.9 Å². The van der Waals surface area contributed by atoms with Gasteiger partial charge >= 0.3 is 5.97 Å². The van der Waals surface area contributed by atoms with E-state index in [1.54, 1.807) is 0 Å². The van der Waals surface area contributed by atoms with Crippen molar-refractivity contribution in [2.24, 2.45) is 5.92 Å². The summed E-state index contributed by atoms with van der Waals surface area (Å²) in [5.41, 5.74) is 1.35. The summed E-state index contributed by atoms with van der Waals surface area (Å²) in [6.07, 6.45) is 5.19. The topological polar surface area (TPSA) is 26.3 Å². The molecule has 0 spiro atoms. The fourth-order valence-corrected chi connectivity index (χ4v) is 3.10. The molecule has 1 aliphatic rings. The zero-order valence-corrected chi connectivity index (χ0v) is 12.2. The lowest BCUT2D eigenvalue weighted by Gasteiger charge is -2.29. The maximum Gasteiger partial charge on any atom is 0.306 e. The predicted molar refractivity (Wildman–Crippen MR) is 77.4 cm³/mol. The summed E-state index contributed by atoms with van der Waals surface area (Å²) in [6, 6.07) is 8.12. The Hall–Kier alpha value is -1.02. The molecule has 2 nitrogen and oxygen atoms in total. The first kappa shape index (κ1) is 14.4. The maximum atomic E-state index is 11.6. The van der Waals surface area contributed by atoms with Gasteiger partial charge in [-0.3, -0.25) is 4.79 Å². The van der Waals surface area contributed by atoms with Gasteiger partial charge in [0.25, 0.3) is 0 Å². The average Bonchev–Trinajstić information content (AvgIpc) is 2.40. The van der Waals surface area contributed by atoms with Gasteiger partial charge in [-0.15, -0.1) is 0 Å².